The zero-order valence-electron chi connectivity index (χ0n) is 31.8. The predicted octanol–water partition coefficient (Wildman–Crippen LogP) is 6.09. The van der Waals surface area contributed by atoms with Crippen LogP contribution in [-0.4, -0.2) is 49.5 Å². The molecular formula is C45H44N8O5. The quantitative estimate of drug-likeness (QED) is 0.0560. The number of carbonyl (C=O) groups excluding carboxylic acids is 3. The van der Waals surface area contributed by atoms with Gasteiger partial charge in [-0.2, -0.15) is 0 Å². The number of benzene rings is 5. The number of allylic oxidation sites excluding steroid dienone is 1. The van der Waals surface area contributed by atoms with Gasteiger partial charge < -0.3 is 37.2 Å². The summed E-state index contributed by atoms with van der Waals surface area (Å²) >= 11 is 0. The number of rotatable bonds is 14. The molecule has 1 aliphatic heterocycles. The summed E-state index contributed by atoms with van der Waals surface area (Å²) in [6.07, 6.45) is 6.04. The van der Waals surface area contributed by atoms with Gasteiger partial charge in [-0.1, -0.05) is 66.8 Å². The third-order valence-electron chi connectivity index (χ3n) is 10.3. The maximum absolute atomic E-state index is 14.4. The number of fused-ring (bicyclic) bond motifs is 1. The number of aliphatic hydroxyl groups is 2. The number of hydrogen-bond donors (Lipinski definition) is 6. The van der Waals surface area contributed by atoms with E-state index in [-0.39, 0.29) is 30.9 Å². The Bertz CT molecular complexity index is 2430. The fourth-order valence-corrected chi connectivity index (χ4v) is 7.02. The summed E-state index contributed by atoms with van der Waals surface area (Å²) in [5.41, 5.74) is 15.8. The number of nitrogen functional groups attached to an aromatic ring is 2. The summed E-state index contributed by atoms with van der Waals surface area (Å²) < 4.78 is 1.70. The third kappa shape index (κ3) is 8.36. The van der Waals surface area contributed by atoms with Crippen molar-refractivity contribution in [2.75, 3.05) is 33.6 Å². The lowest BCUT2D eigenvalue weighted by atomic mass is 9.82. The van der Waals surface area contributed by atoms with Crippen molar-refractivity contribution < 1.29 is 24.6 Å². The van der Waals surface area contributed by atoms with Gasteiger partial charge in [0.1, 0.15) is 0 Å². The van der Waals surface area contributed by atoms with E-state index >= 15 is 0 Å². The summed E-state index contributed by atoms with van der Waals surface area (Å²) in [4.78, 5) is 41.8. The normalized spacial score (nSPS) is 15.9. The molecule has 3 atom stereocenters. The zero-order valence-corrected chi connectivity index (χ0v) is 31.8. The number of aromatic nitrogens is 3. The minimum Gasteiger partial charge on any atom is -0.399 e. The first-order chi connectivity index (χ1) is 28.0. The molecule has 1 aromatic heterocycles. The van der Waals surface area contributed by atoms with E-state index in [9.17, 15) is 24.6 Å². The Hall–Kier alpha value is -7.09. The average Bonchev–Trinajstić information content (AvgIpc) is 3.78. The van der Waals surface area contributed by atoms with Gasteiger partial charge in [0.25, 0.3) is 17.7 Å². The SMILES string of the molecule is C[C@@H](/C=C/CCn1cc(C(CO)c2ccccc2)nn1)[C@]1(O)C(=O)N(Cc2ccc(NC(=O)c3ccc(N)cc3)cc2)c2ccc(NC(=O)c3ccc(N)cc3)cc21. The van der Waals surface area contributed by atoms with Gasteiger partial charge in [0.2, 0.25) is 0 Å². The molecule has 58 heavy (non-hydrogen) atoms. The Morgan fingerprint density at radius 1 is 0.828 bits per heavy atom. The number of nitrogens with one attached hydrogen (secondary N) is 2. The Morgan fingerprint density at radius 3 is 2.05 bits per heavy atom. The Labute approximate surface area is 335 Å². The number of aliphatic hydroxyl groups excluding tert-OH is 1. The lowest BCUT2D eigenvalue weighted by Gasteiger charge is -2.28. The second kappa shape index (κ2) is 17.0. The maximum atomic E-state index is 14.4. The van der Waals surface area contributed by atoms with Gasteiger partial charge >= 0.3 is 0 Å². The Balaban J connectivity index is 1.09. The number of amides is 3. The molecule has 0 bridgehead atoms. The smallest absolute Gasteiger partial charge is 0.264 e. The van der Waals surface area contributed by atoms with Crippen molar-refractivity contribution in [1.29, 1.82) is 0 Å². The fourth-order valence-electron chi connectivity index (χ4n) is 7.02. The highest BCUT2D eigenvalue weighted by Crippen LogP contribution is 2.47. The summed E-state index contributed by atoms with van der Waals surface area (Å²) in [5, 5.41) is 36.8. The molecule has 0 spiro atoms. The molecule has 0 radical (unpaired) electrons. The van der Waals surface area contributed by atoms with Crippen LogP contribution in [0.25, 0.3) is 0 Å². The predicted molar refractivity (Wildman–Crippen MR) is 224 cm³/mol. The Kier molecular flexibility index (Phi) is 11.4. The molecule has 0 saturated carbocycles. The zero-order chi connectivity index (χ0) is 40.8. The standard InChI is InChI=1S/C45H44N8O5/c1-29(7-5-6-24-52-27-40(50-51-52)38(28-54)31-8-3-2-4-9-31)45(58)39-25-37(49-43(56)33-14-18-35(47)19-15-33)22-23-41(39)53(44(45)57)26-30-10-20-36(21-11-30)48-42(55)32-12-16-34(46)17-13-32/h2-5,7-23,25,27,29,38,54,58H,6,24,26,28,46-47H2,1H3,(H,48,55)(H,49,56)/b7-5+/t29-,38?,45+/m0/s1. The number of nitrogens with two attached hydrogens (primary N) is 2. The molecule has 0 aliphatic carbocycles. The van der Waals surface area contributed by atoms with Crippen LogP contribution in [0.1, 0.15) is 62.4 Å². The number of nitrogens with zero attached hydrogens (tertiary/aromatic N) is 4. The van der Waals surface area contributed by atoms with Crippen molar-refractivity contribution in [1.82, 2.24) is 15.0 Å². The van der Waals surface area contributed by atoms with Crippen LogP contribution in [-0.2, 0) is 23.5 Å². The van der Waals surface area contributed by atoms with Crippen molar-refractivity contribution >= 4 is 46.2 Å². The minimum absolute atomic E-state index is 0.104. The van der Waals surface area contributed by atoms with Gasteiger partial charge in [0.05, 0.1) is 30.5 Å². The summed E-state index contributed by atoms with van der Waals surface area (Å²) in [5.74, 6) is -2.14. The van der Waals surface area contributed by atoms with Crippen molar-refractivity contribution in [2.24, 2.45) is 5.92 Å². The number of carbonyl (C=O) groups is 3. The molecule has 1 aliphatic rings. The fraction of sp³-hybridized carbons (Fsp3) is 0.178. The Morgan fingerprint density at radius 2 is 1.43 bits per heavy atom. The number of anilines is 5. The van der Waals surface area contributed by atoms with Crippen LogP contribution in [0.3, 0.4) is 0 Å². The van der Waals surface area contributed by atoms with Crippen LogP contribution in [0, 0.1) is 5.92 Å². The van der Waals surface area contributed by atoms with Crippen molar-refractivity contribution in [3.63, 3.8) is 0 Å². The van der Waals surface area contributed by atoms with E-state index < -0.39 is 17.4 Å². The minimum atomic E-state index is -1.97. The third-order valence-corrected chi connectivity index (χ3v) is 10.3. The molecule has 3 amide bonds. The lowest BCUT2D eigenvalue weighted by Crippen LogP contribution is -2.44. The topological polar surface area (TPSA) is 202 Å². The lowest BCUT2D eigenvalue weighted by molar-refractivity contribution is -0.139. The number of hydrogen-bond acceptors (Lipinski definition) is 9. The summed E-state index contributed by atoms with van der Waals surface area (Å²) in [6.45, 7) is 2.29. The molecule has 5 aromatic carbocycles. The highest BCUT2D eigenvalue weighted by atomic mass is 16.3. The first-order valence-electron chi connectivity index (χ1n) is 18.9. The maximum Gasteiger partial charge on any atom is 0.264 e. The van der Waals surface area contributed by atoms with E-state index in [0.717, 1.165) is 11.1 Å². The van der Waals surface area contributed by atoms with Crippen LogP contribution in [0.4, 0.5) is 28.4 Å². The monoisotopic (exact) mass is 776 g/mol. The molecule has 2 heterocycles. The van der Waals surface area contributed by atoms with Gasteiger partial charge in [-0.15, -0.1) is 5.10 Å². The molecule has 0 saturated heterocycles. The molecule has 13 heteroatoms. The van der Waals surface area contributed by atoms with Gasteiger partial charge in [0, 0.05) is 58.1 Å². The van der Waals surface area contributed by atoms with Crippen molar-refractivity contribution in [3.05, 3.63) is 173 Å². The molecular weight excluding hydrogens is 733 g/mol. The largest absolute Gasteiger partial charge is 0.399 e. The molecule has 13 nitrogen and oxygen atoms in total. The van der Waals surface area contributed by atoms with E-state index in [1.165, 1.54) is 4.90 Å². The molecule has 294 valence electrons. The van der Waals surface area contributed by atoms with Gasteiger partial charge in [-0.3, -0.25) is 19.1 Å². The molecule has 0 fully saturated rings. The van der Waals surface area contributed by atoms with Crippen LogP contribution < -0.4 is 27.0 Å². The van der Waals surface area contributed by atoms with E-state index in [1.807, 2.05) is 60.8 Å². The van der Waals surface area contributed by atoms with Gasteiger partial charge in [-0.25, -0.2) is 0 Å². The summed E-state index contributed by atoms with van der Waals surface area (Å²) in [6, 6.07) is 35.0. The van der Waals surface area contributed by atoms with Crippen LogP contribution in [0.2, 0.25) is 0 Å². The van der Waals surface area contributed by atoms with E-state index in [4.69, 9.17) is 11.5 Å². The average molecular weight is 777 g/mol. The van der Waals surface area contributed by atoms with Crippen molar-refractivity contribution in [3.8, 4) is 0 Å². The highest BCUT2D eigenvalue weighted by molar-refractivity contribution is 6.09. The number of aryl methyl sites for hydroxylation is 1. The first kappa shape index (κ1) is 39.2. The van der Waals surface area contributed by atoms with Crippen molar-refractivity contribution in [2.45, 2.75) is 38.0 Å². The van der Waals surface area contributed by atoms with Gasteiger partial charge in [-0.05, 0) is 96.4 Å². The van der Waals surface area contributed by atoms with Crippen LogP contribution in [0.5, 0.6) is 0 Å². The molecule has 7 rings (SSSR count). The van der Waals surface area contributed by atoms with E-state index in [2.05, 4.69) is 20.9 Å². The van der Waals surface area contributed by atoms with E-state index in [0.29, 0.717) is 63.8 Å². The van der Waals surface area contributed by atoms with Crippen LogP contribution >= 0.6 is 0 Å². The van der Waals surface area contributed by atoms with Gasteiger partial charge in [0.15, 0.2) is 5.60 Å². The summed E-state index contributed by atoms with van der Waals surface area (Å²) in [7, 11) is 0. The highest BCUT2D eigenvalue weighted by Gasteiger charge is 2.52. The molecule has 1 unspecified atom stereocenters. The second-order valence-corrected chi connectivity index (χ2v) is 14.3. The first-order valence-corrected chi connectivity index (χ1v) is 18.9. The molecule has 8 N–H and O–H groups in total. The second-order valence-electron chi connectivity index (χ2n) is 14.3. The molecule has 6 aromatic rings. The van der Waals surface area contributed by atoms with E-state index in [1.54, 1.807) is 90.5 Å². The van der Waals surface area contributed by atoms with Crippen LogP contribution in [0.15, 0.2) is 140 Å².